The molecule has 0 spiro atoms. The van der Waals surface area contributed by atoms with Gasteiger partial charge in [-0.3, -0.25) is 9.78 Å². The second kappa shape index (κ2) is 11.9. The fourth-order valence-electron chi connectivity index (χ4n) is 4.66. The molecular formula is C25H32F4N4O3S. The molecule has 1 fully saturated rings. The first kappa shape index (κ1) is 27.6. The SMILES string of the molecule is Cc1ccc(OCC(=O)NC2CCC(F)(CCN3CCc4nc(OCC(F)(F)F)sc4CC3)CC2)cn1. The highest BCUT2D eigenvalue weighted by Crippen LogP contribution is 2.36. The lowest BCUT2D eigenvalue weighted by molar-refractivity contribution is -0.153. The summed E-state index contributed by atoms with van der Waals surface area (Å²) in [6, 6.07) is 3.51. The lowest BCUT2D eigenvalue weighted by atomic mass is 9.81. The largest absolute Gasteiger partial charge is 0.482 e. The molecule has 4 rings (SSSR count). The van der Waals surface area contributed by atoms with E-state index in [4.69, 9.17) is 9.47 Å². The smallest absolute Gasteiger partial charge is 0.422 e. The van der Waals surface area contributed by atoms with Crippen molar-refractivity contribution in [3.05, 3.63) is 34.6 Å². The fraction of sp³-hybridized carbons (Fsp3) is 0.640. The van der Waals surface area contributed by atoms with E-state index in [0.717, 1.165) is 27.6 Å². The number of aryl methyl sites for hydroxylation is 1. The number of halogens is 4. The van der Waals surface area contributed by atoms with Crippen LogP contribution in [0.5, 0.6) is 10.9 Å². The zero-order chi connectivity index (χ0) is 26.5. The summed E-state index contributed by atoms with van der Waals surface area (Å²) in [6.07, 6.45) is 0.815. The number of rotatable bonds is 9. The van der Waals surface area contributed by atoms with Gasteiger partial charge >= 0.3 is 6.18 Å². The first-order chi connectivity index (χ1) is 17.6. The topological polar surface area (TPSA) is 76.6 Å². The Morgan fingerprint density at radius 1 is 1.22 bits per heavy atom. The Morgan fingerprint density at radius 3 is 2.68 bits per heavy atom. The average molecular weight is 545 g/mol. The normalized spacial score (nSPS) is 22.7. The zero-order valence-corrected chi connectivity index (χ0v) is 21.6. The van der Waals surface area contributed by atoms with E-state index in [9.17, 15) is 18.0 Å². The molecule has 204 valence electrons. The zero-order valence-electron chi connectivity index (χ0n) is 20.8. The maximum Gasteiger partial charge on any atom is 0.422 e. The van der Waals surface area contributed by atoms with Crippen molar-refractivity contribution in [2.24, 2.45) is 0 Å². The van der Waals surface area contributed by atoms with Crippen molar-refractivity contribution in [1.82, 2.24) is 20.2 Å². The molecule has 0 radical (unpaired) electrons. The molecule has 0 aromatic carbocycles. The van der Waals surface area contributed by atoms with Crippen molar-refractivity contribution in [3.63, 3.8) is 0 Å². The van der Waals surface area contributed by atoms with Crippen molar-refractivity contribution in [1.29, 1.82) is 0 Å². The highest BCUT2D eigenvalue weighted by Gasteiger charge is 2.36. The van der Waals surface area contributed by atoms with Crippen molar-refractivity contribution >= 4 is 17.2 Å². The van der Waals surface area contributed by atoms with Crippen LogP contribution in [0.3, 0.4) is 0 Å². The van der Waals surface area contributed by atoms with E-state index in [1.807, 2.05) is 13.0 Å². The van der Waals surface area contributed by atoms with Crippen LogP contribution in [0.4, 0.5) is 17.6 Å². The van der Waals surface area contributed by atoms with Crippen LogP contribution < -0.4 is 14.8 Å². The summed E-state index contributed by atoms with van der Waals surface area (Å²) in [7, 11) is 0. The van der Waals surface area contributed by atoms with Crippen LogP contribution in [0.25, 0.3) is 0 Å². The monoisotopic (exact) mass is 544 g/mol. The number of aromatic nitrogens is 2. The van der Waals surface area contributed by atoms with E-state index in [2.05, 4.69) is 20.2 Å². The van der Waals surface area contributed by atoms with Gasteiger partial charge in [0.15, 0.2) is 13.2 Å². The molecule has 12 heteroatoms. The van der Waals surface area contributed by atoms with Crippen LogP contribution in [0.1, 0.15) is 48.4 Å². The van der Waals surface area contributed by atoms with Crippen LogP contribution >= 0.6 is 11.3 Å². The summed E-state index contributed by atoms with van der Waals surface area (Å²) in [4.78, 5) is 23.7. The molecular weight excluding hydrogens is 512 g/mol. The molecule has 37 heavy (non-hydrogen) atoms. The molecule has 1 aliphatic heterocycles. The van der Waals surface area contributed by atoms with Crippen LogP contribution in [-0.2, 0) is 17.6 Å². The number of hydrogen-bond acceptors (Lipinski definition) is 7. The first-order valence-electron chi connectivity index (χ1n) is 12.5. The number of carbonyl (C=O) groups excluding carboxylic acids is 1. The standard InChI is InChI=1S/C25H32F4N4O3S/c1-17-2-3-19(14-30-17)35-15-22(34)31-18-4-8-24(26,9-5-18)10-13-33-11-6-20-21(7-12-33)37-23(32-20)36-16-25(27,28)29/h2-3,14,18H,4-13,15-16H2,1H3,(H,31,34). The van der Waals surface area contributed by atoms with E-state index in [1.54, 1.807) is 12.3 Å². The molecule has 1 aliphatic carbocycles. The summed E-state index contributed by atoms with van der Waals surface area (Å²) >= 11 is 1.16. The van der Waals surface area contributed by atoms with E-state index in [0.29, 0.717) is 70.3 Å². The number of pyridine rings is 1. The molecule has 0 unspecified atom stereocenters. The van der Waals surface area contributed by atoms with Gasteiger partial charge < -0.3 is 19.7 Å². The van der Waals surface area contributed by atoms with Gasteiger partial charge in [0.25, 0.3) is 11.1 Å². The Bertz CT molecular complexity index is 1010. The highest BCUT2D eigenvalue weighted by atomic mass is 32.1. The third kappa shape index (κ3) is 8.53. The van der Waals surface area contributed by atoms with E-state index in [1.165, 1.54) is 0 Å². The van der Waals surface area contributed by atoms with Crippen molar-refractivity contribution in [2.75, 3.05) is 32.8 Å². The molecule has 2 aromatic heterocycles. The Balaban J connectivity index is 1.15. The number of carbonyl (C=O) groups is 1. The Hall–Kier alpha value is -2.47. The van der Waals surface area contributed by atoms with Crippen LogP contribution in [-0.4, -0.2) is 71.5 Å². The maximum absolute atomic E-state index is 15.5. The van der Waals surface area contributed by atoms with E-state index < -0.39 is 18.5 Å². The van der Waals surface area contributed by atoms with Crippen molar-refractivity contribution < 1.29 is 31.8 Å². The number of thiazole rings is 1. The van der Waals surface area contributed by atoms with Gasteiger partial charge in [-0.1, -0.05) is 11.3 Å². The van der Waals surface area contributed by atoms with Crippen molar-refractivity contribution in [3.8, 4) is 10.9 Å². The molecule has 2 aliphatic rings. The van der Waals surface area contributed by atoms with Gasteiger partial charge in [0.2, 0.25) is 0 Å². The number of nitrogens with one attached hydrogen (secondary N) is 1. The van der Waals surface area contributed by atoms with Gasteiger partial charge in [-0.05, 0) is 57.6 Å². The predicted octanol–water partition coefficient (Wildman–Crippen LogP) is 4.42. The minimum atomic E-state index is -4.39. The summed E-state index contributed by atoms with van der Waals surface area (Å²) in [5.41, 5.74) is 0.378. The molecule has 1 amide bonds. The highest BCUT2D eigenvalue weighted by molar-refractivity contribution is 7.13. The number of fused-ring (bicyclic) bond motifs is 1. The Kier molecular flexibility index (Phi) is 8.89. The Labute approximate surface area is 217 Å². The summed E-state index contributed by atoms with van der Waals surface area (Å²) in [6.45, 7) is 2.42. The quantitative estimate of drug-likeness (QED) is 0.471. The van der Waals surface area contributed by atoms with Crippen LogP contribution in [0.15, 0.2) is 18.3 Å². The van der Waals surface area contributed by atoms with Gasteiger partial charge in [0.05, 0.1) is 11.9 Å². The van der Waals surface area contributed by atoms with Crippen LogP contribution in [0.2, 0.25) is 0 Å². The summed E-state index contributed by atoms with van der Waals surface area (Å²) in [5, 5.41) is 3.00. The molecule has 0 bridgehead atoms. The summed E-state index contributed by atoms with van der Waals surface area (Å²) < 4.78 is 62.9. The number of hydrogen-bond donors (Lipinski definition) is 1. The second-order valence-electron chi connectivity index (χ2n) is 9.76. The van der Waals surface area contributed by atoms with Gasteiger partial charge in [-0.2, -0.15) is 13.2 Å². The molecule has 0 saturated heterocycles. The van der Waals surface area contributed by atoms with Gasteiger partial charge in [-0.15, -0.1) is 0 Å². The molecule has 2 aromatic rings. The van der Waals surface area contributed by atoms with Crippen LogP contribution in [0, 0.1) is 6.92 Å². The first-order valence-corrected chi connectivity index (χ1v) is 13.3. The molecule has 1 N–H and O–H groups in total. The average Bonchev–Trinajstić information content (AvgIpc) is 3.15. The molecule has 3 heterocycles. The number of alkyl halides is 4. The lowest BCUT2D eigenvalue weighted by Crippen LogP contribution is -2.44. The van der Waals surface area contributed by atoms with E-state index >= 15 is 4.39 Å². The minimum Gasteiger partial charge on any atom is -0.482 e. The summed E-state index contributed by atoms with van der Waals surface area (Å²) in [5.74, 6) is 0.302. The minimum absolute atomic E-state index is 0.0565. The molecule has 7 nitrogen and oxygen atoms in total. The number of nitrogens with zero attached hydrogens (tertiary/aromatic N) is 3. The number of amides is 1. The maximum atomic E-state index is 15.5. The lowest BCUT2D eigenvalue weighted by Gasteiger charge is -2.35. The van der Waals surface area contributed by atoms with Crippen molar-refractivity contribution in [2.45, 2.75) is 69.8 Å². The van der Waals surface area contributed by atoms with Gasteiger partial charge in [0, 0.05) is 42.7 Å². The molecule has 0 atom stereocenters. The third-order valence-electron chi connectivity index (χ3n) is 6.81. The second-order valence-corrected chi connectivity index (χ2v) is 10.8. The third-order valence-corrected chi connectivity index (χ3v) is 7.88. The molecule has 1 saturated carbocycles. The van der Waals surface area contributed by atoms with Gasteiger partial charge in [-0.25, -0.2) is 9.37 Å². The van der Waals surface area contributed by atoms with E-state index in [-0.39, 0.29) is 23.7 Å². The van der Waals surface area contributed by atoms with Gasteiger partial charge in [0.1, 0.15) is 11.4 Å². The number of ether oxygens (including phenoxy) is 2. The fourth-order valence-corrected chi connectivity index (χ4v) is 5.60. The Morgan fingerprint density at radius 2 is 1.97 bits per heavy atom. The predicted molar refractivity (Wildman–Crippen MR) is 131 cm³/mol.